The van der Waals surface area contributed by atoms with Gasteiger partial charge < -0.3 is 4.74 Å². The van der Waals surface area contributed by atoms with Gasteiger partial charge in [-0.15, -0.1) is 0 Å². The number of ketones is 1. The number of aliphatic imine (C=N–C) groups is 1. The van der Waals surface area contributed by atoms with Crippen LogP contribution in [0.25, 0.3) is 10.9 Å². The summed E-state index contributed by atoms with van der Waals surface area (Å²) < 4.78 is 5.61. The third-order valence-corrected chi connectivity index (χ3v) is 4.01. The van der Waals surface area contributed by atoms with Crippen molar-refractivity contribution in [3.8, 4) is 5.75 Å². The van der Waals surface area contributed by atoms with E-state index in [0.717, 1.165) is 34.4 Å². The van der Waals surface area contributed by atoms with Gasteiger partial charge in [0.25, 0.3) is 0 Å². The summed E-state index contributed by atoms with van der Waals surface area (Å²) in [4.78, 5) is 20.6. The highest BCUT2D eigenvalue weighted by Crippen LogP contribution is 2.29. The maximum Gasteiger partial charge on any atom is 0.167 e. The summed E-state index contributed by atoms with van der Waals surface area (Å²) in [7, 11) is 0. The monoisotopic (exact) mass is 316 g/mol. The standard InChI is InChI=1S/C20H16N2O2/c1-13(23)12-24-19-8-4-6-14-9-10-17(22-20(14)19)18-11-15-5-2-3-7-16(15)21-18/h2-10H,11-12H2,1H3. The molecule has 118 valence electrons. The molecule has 24 heavy (non-hydrogen) atoms. The van der Waals surface area contributed by atoms with Gasteiger partial charge in [-0.3, -0.25) is 9.79 Å². The van der Waals surface area contributed by atoms with E-state index in [-0.39, 0.29) is 12.4 Å². The zero-order chi connectivity index (χ0) is 16.5. The summed E-state index contributed by atoms with van der Waals surface area (Å²) in [6, 6.07) is 17.9. The van der Waals surface area contributed by atoms with Gasteiger partial charge in [-0.2, -0.15) is 0 Å². The summed E-state index contributed by atoms with van der Waals surface area (Å²) in [5.41, 5.74) is 4.79. The second-order valence-corrected chi connectivity index (χ2v) is 5.88. The summed E-state index contributed by atoms with van der Waals surface area (Å²) in [6.45, 7) is 1.56. The van der Waals surface area contributed by atoms with E-state index in [4.69, 9.17) is 14.7 Å². The molecule has 0 aliphatic carbocycles. The normalized spacial score (nSPS) is 12.8. The topological polar surface area (TPSA) is 51.5 Å². The summed E-state index contributed by atoms with van der Waals surface area (Å²) in [5, 5.41) is 0.982. The van der Waals surface area contributed by atoms with Gasteiger partial charge in [0.05, 0.1) is 17.1 Å². The number of benzene rings is 2. The quantitative estimate of drug-likeness (QED) is 0.734. The first kappa shape index (κ1) is 14.6. The van der Waals surface area contributed by atoms with Crippen LogP contribution in [0.1, 0.15) is 18.2 Å². The molecule has 4 rings (SSSR count). The highest BCUT2D eigenvalue weighted by molar-refractivity contribution is 6.06. The minimum absolute atomic E-state index is 0.0150. The molecule has 4 heteroatoms. The second kappa shape index (κ2) is 5.89. The Morgan fingerprint density at radius 3 is 2.79 bits per heavy atom. The number of fused-ring (bicyclic) bond motifs is 2. The van der Waals surface area contributed by atoms with E-state index in [0.29, 0.717) is 5.75 Å². The molecule has 3 aromatic rings. The molecule has 1 aliphatic rings. The third kappa shape index (κ3) is 2.67. The molecular formula is C20H16N2O2. The zero-order valence-corrected chi connectivity index (χ0v) is 13.3. The number of hydrogen-bond donors (Lipinski definition) is 0. The highest BCUT2D eigenvalue weighted by atomic mass is 16.5. The average Bonchev–Trinajstić information content (AvgIpc) is 3.03. The van der Waals surface area contributed by atoms with Crippen LogP contribution in [0.5, 0.6) is 5.75 Å². The van der Waals surface area contributed by atoms with E-state index in [1.54, 1.807) is 0 Å². The first-order chi connectivity index (χ1) is 11.7. The fourth-order valence-electron chi connectivity index (χ4n) is 2.86. The van der Waals surface area contributed by atoms with Gasteiger partial charge in [0.15, 0.2) is 5.78 Å². The van der Waals surface area contributed by atoms with Crippen LogP contribution in [0.15, 0.2) is 59.6 Å². The van der Waals surface area contributed by atoms with Crippen LogP contribution in [0.3, 0.4) is 0 Å². The fraction of sp³-hybridized carbons (Fsp3) is 0.150. The molecule has 4 nitrogen and oxygen atoms in total. The van der Waals surface area contributed by atoms with Crippen LogP contribution in [0, 0.1) is 0 Å². The molecule has 1 aliphatic heterocycles. The summed E-state index contributed by atoms with van der Waals surface area (Å²) in [5.74, 6) is 0.611. The molecule has 0 bridgehead atoms. The maximum atomic E-state index is 11.2. The number of para-hydroxylation sites is 2. The van der Waals surface area contributed by atoms with E-state index >= 15 is 0 Å². The van der Waals surface area contributed by atoms with Crippen molar-refractivity contribution in [1.29, 1.82) is 0 Å². The Hall–Kier alpha value is -3.01. The maximum absolute atomic E-state index is 11.2. The van der Waals surface area contributed by atoms with Gasteiger partial charge in [0.2, 0.25) is 0 Å². The lowest BCUT2D eigenvalue weighted by molar-refractivity contribution is -0.118. The van der Waals surface area contributed by atoms with Gasteiger partial charge in [-0.25, -0.2) is 4.98 Å². The molecule has 2 heterocycles. The smallest absolute Gasteiger partial charge is 0.167 e. The average molecular weight is 316 g/mol. The molecule has 0 N–H and O–H groups in total. The number of pyridine rings is 1. The zero-order valence-electron chi connectivity index (χ0n) is 13.3. The molecule has 0 saturated carbocycles. The summed E-state index contributed by atoms with van der Waals surface area (Å²) in [6.07, 6.45) is 0.783. The van der Waals surface area contributed by atoms with E-state index in [9.17, 15) is 4.79 Å². The molecule has 0 spiro atoms. The Balaban J connectivity index is 1.73. The Bertz CT molecular complexity index is 976. The summed E-state index contributed by atoms with van der Waals surface area (Å²) >= 11 is 0. The van der Waals surface area contributed by atoms with Crippen LogP contribution in [-0.4, -0.2) is 23.1 Å². The molecule has 0 fully saturated rings. The van der Waals surface area contributed by atoms with Crippen LogP contribution in [0.2, 0.25) is 0 Å². The lowest BCUT2D eigenvalue weighted by Gasteiger charge is -2.08. The van der Waals surface area contributed by atoms with Crippen LogP contribution in [0.4, 0.5) is 5.69 Å². The lowest BCUT2D eigenvalue weighted by Crippen LogP contribution is -2.08. The molecule has 0 amide bonds. The van der Waals surface area contributed by atoms with Crippen molar-refractivity contribution < 1.29 is 9.53 Å². The minimum atomic E-state index is -0.0150. The van der Waals surface area contributed by atoms with Gasteiger partial charge in [0.1, 0.15) is 17.9 Å². The highest BCUT2D eigenvalue weighted by Gasteiger charge is 2.17. The predicted molar refractivity (Wildman–Crippen MR) is 94.3 cm³/mol. The molecular weight excluding hydrogens is 300 g/mol. The number of rotatable bonds is 4. The van der Waals surface area contributed by atoms with Crippen LogP contribution in [-0.2, 0) is 11.2 Å². The van der Waals surface area contributed by atoms with Crippen LogP contribution < -0.4 is 4.74 Å². The van der Waals surface area contributed by atoms with Crippen molar-refractivity contribution in [2.75, 3.05) is 6.61 Å². The number of carbonyl (C=O) groups is 1. The minimum Gasteiger partial charge on any atom is -0.484 e. The first-order valence-corrected chi connectivity index (χ1v) is 7.88. The van der Waals surface area contributed by atoms with Crippen LogP contribution >= 0.6 is 0 Å². The number of hydrogen-bond acceptors (Lipinski definition) is 4. The predicted octanol–water partition coefficient (Wildman–Crippen LogP) is 3.88. The van der Waals surface area contributed by atoms with Gasteiger partial charge in [-0.05, 0) is 30.7 Å². The molecule has 0 radical (unpaired) electrons. The molecule has 2 aromatic carbocycles. The van der Waals surface area contributed by atoms with Crippen molar-refractivity contribution in [1.82, 2.24) is 4.98 Å². The largest absolute Gasteiger partial charge is 0.484 e. The lowest BCUT2D eigenvalue weighted by atomic mass is 10.1. The van der Waals surface area contributed by atoms with E-state index < -0.39 is 0 Å². The van der Waals surface area contributed by atoms with Crippen molar-refractivity contribution >= 4 is 28.1 Å². The number of Topliss-reactive ketones (excluding diaryl/α,β-unsaturated/α-hetero) is 1. The Morgan fingerprint density at radius 2 is 1.96 bits per heavy atom. The van der Waals surface area contributed by atoms with Crippen molar-refractivity contribution in [2.24, 2.45) is 4.99 Å². The SMILES string of the molecule is CC(=O)COc1cccc2ccc(C3=Nc4ccccc4C3)nc12. The van der Waals surface area contributed by atoms with E-state index in [1.165, 1.54) is 12.5 Å². The van der Waals surface area contributed by atoms with Crippen molar-refractivity contribution in [3.63, 3.8) is 0 Å². The van der Waals surface area contributed by atoms with Gasteiger partial charge in [0, 0.05) is 11.8 Å². The number of ether oxygens (including phenoxy) is 1. The number of nitrogens with zero attached hydrogens (tertiary/aromatic N) is 2. The molecule has 0 saturated heterocycles. The Kier molecular flexibility index (Phi) is 3.58. The first-order valence-electron chi connectivity index (χ1n) is 7.88. The Labute approximate surface area is 139 Å². The Morgan fingerprint density at radius 1 is 1.08 bits per heavy atom. The number of carbonyl (C=O) groups excluding carboxylic acids is 1. The van der Waals surface area contributed by atoms with Crippen molar-refractivity contribution in [3.05, 3.63) is 65.9 Å². The van der Waals surface area contributed by atoms with Crippen molar-refractivity contribution in [2.45, 2.75) is 13.3 Å². The fourth-order valence-corrected chi connectivity index (χ4v) is 2.86. The molecule has 0 unspecified atom stereocenters. The second-order valence-electron chi connectivity index (χ2n) is 5.88. The molecule has 0 atom stereocenters. The van der Waals surface area contributed by atoms with E-state index in [1.807, 2.05) is 48.5 Å². The van der Waals surface area contributed by atoms with E-state index in [2.05, 4.69) is 6.07 Å². The molecule has 1 aromatic heterocycles. The van der Waals surface area contributed by atoms with Gasteiger partial charge in [-0.1, -0.05) is 36.4 Å². The van der Waals surface area contributed by atoms with Gasteiger partial charge >= 0.3 is 0 Å². The number of aromatic nitrogens is 1. The third-order valence-electron chi connectivity index (χ3n) is 4.01.